The van der Waals surface area contributed by atoms with E-state index in [1.165, 1.54) is 33.5 Å². The van der Waals surface area contributed by atoms with Gasteiger partial charge in [-0.15, -0.1) is 0 Å². The first kappa shape index (κ1) is 20.3. The van der Waals surface area contributed by atoms with E-state index in [-0.39, 0.29) is 49.8 Å². The van der Waals surface area contributed by atoms with Gasteiger partial charge in [-0.2, -0.15) is 4.31 Å². The van der Waals surface area contributed by atoms with Gasteiger partial charge in [0.05, 0.1) is 4.90 Å². The van der Waals surface area contributed by atoms with Gasteiger partial charge in [0.1, 0.15) is 5.82 Å². The van der Waals surface area contributed by atoms with Gasteiger partial charge in [0.25, 0.3) is 0 Å². The summed E-state index contributed by atoms with van der Waals surface area (Å²) in [4.78, 5) is 13.8. The minimum Gasteiger partial charge on any atom is -0.340 e. The van der Waals surface area contributed by atoms with Gasteiger partial charge in [0.15, 0.2) is 11.6 Å². The Kier molecular flexibility index (Phi) is 6.04. The Morgan fingerprint density at radius 3 is 2.29 bits per heavy atom. The predicted molar refractivity (Wildman–Crippen MR) is 96.4 cm³/mol. The highest BCUT2D eigenvalue weighted by molar-refractivity contribution is 7.89. The van der Waals surface area contributed by atoms with Crippen LogP contribution in [-0.4, -0.2) is 49.7 Å². The maximum absolute atomic E-state index is 13.3. The molecule has 0 radical (unpaired) electrons. The van der Waals surface area contributed by atoms with Crippen molar-refractivity contribution < 1.29 is 26.4 Å². The Morgan fingerprint density at radius 2 is 1.64 bits per heavy atom. The summed E-state index contributed by atoms with van der Waals surface area (Å²) < 4.78 is 65.9. The molecule has 0 atom stereocenters. The molecule has 0 aromatic heterocycles. The van der Waals surface area contributed by atoms with Crippen molar-refractivity contribution in [2.45, 2.75) is 17.7 Å². The van der Waals surface area contributed by atoms with Crippen molar-refractivity contribution in [3.8, 4) is 0 Å². The van der Waals surface area contributed by atoms with Gasteiger partial charge in [-0.25, -0.2) is 21.6 Å². The molecule has 1 heterocycles. The maximum Gasteiger partial charge on any atom is 0.243 e. The third-order valence-corrected chi connectivity index (χ3v) is 6.53. The van der Waals surface area contributed by atoms with E-state index in [4.69, 9.17) is 0 Å². The van der Waals surface area contributed by atoms with Crippen molar-refractivity contribution in [2.75, 3.05) is 26.2 Å². The average molecular weight is 412 g/mol. The Bertz CT molecular complexity index is 974. The van der Waals surface area contributed by atoms with Crippen LogP contribution in [0.3, 0.4) is 0 Å². The molecule has 0 bridgehead atoms. The molecule has 150 valence electrons. The Morgan fingerprint density at radius 1 is 0.929 bits per heavy atom. The SMILES string of the molecule is O=C(CCc1ccc(F)c(F)c1)N1CCN(S(=O)(=O)c2cccc(F)c2)CC1. The van der Waals surface area contributed by atoms with E-state index in [2.05, 4.69) is 0 Å². The first-order chi connectivity index (χ1) is 13.3. The Hall–Kier alpha value is -2.39. The van der Waals surface area contributed by atoms with Crippen LogP contribution in [0, 0.1) is 17.5 Å². The minimum absolute atomic E-state index is 0.107. The molecule has 0 N–H and O–H groups in total. The Balaban J connectivity index is 1.55. The topological polar surface area (TPSA) is 57.7 Å². The third-order valence-electron chi connectivity index (χ3n) is 4.64. The summed E-state index contributed by atoms with van der Waals surface area (Å²) >= 11 is 0. The number of rotatable bonds is 5. The van der Waals surface area contributed by atoms with Crippen LogP contribution in [0.2, 0.25) is 0 Å². The molecular formula is C19H19F3N2O3S. The van der Waals surface area contributed by atoms with Crippen molar-refractivity contribution in [2.24, 2.45) is 0 Å². The van der Waals surface area contributed by atoms with Gasteiger partial charge in [0, 0.05) is 32.6 Å². The lowest BCUT2D eigenvalue weighted by Gasteiger charge is -2.34. The number of piperazine rings is 1. The molecule has 5 nitrogen and oxygen atoms in total. The second-order valence-corrected chi connectivity index (χ2v) is 8.43. The number of aryl methyl sites for hydroxylation is 1. The fraction of sp³-hybridized carbons (Fsp3) is 0.316. The second kappa shape index (κ2) is 8.32. The van der Waals surface area contributed by atoms with E-state index in [0.29, 0.717) is 5.56 Å². The minimum atomic E-state index is -3.82. The van der Waals surface area contributed by atoms with Crippen LogP contribution in [0.15, 0.2) is 47.4 Å². The fourth-order valence-electron chi connectivity index (χ4n) is 3.06. The zero-order valence-electron chi connectivity index (χ0n) is 14.9. The lowest BCUT2D eigenvalue weighted by Crippen LogP contribution is -2.50. The van der Waals surface area contributed by atoms with E-state index >= 15 is 0 Å². The molecule has 0 saturated carbocycles. The van der Waals surface area contributed by atoms with Gasteiger partial charge >= 0.3 is 0 Å². The van der Waals surface area contributed by atoms with E-state index in [9.17, 15) is 26.4 Å². The average Bonchev–Trinajstić information content (AvgIpc) is 2.68. The van der Waals surface area contributed by atoms with Crippen LogP contribution < -0.4 is 0 Å². The number of benzene rings is 2. The van der Waals surface area contributed by atoms with Crippen LogP contribution in [0.25, 0.3) is 0 Å². The van der Waals surface area contributed by atoms with Gasteiger partial charge in [0.2, 0.25) is 15.9 Å². The zero-order valence-corrected chi connectivity index (χ0v) is 15.8. The molecule has 3 rings (SSSR count). The van der Waals surface area contributed by atoms with Crippen molar-refractivity contribution in [3.05, 3.63) is 65.5 Å². The maximum atomic E-state index is 13.3. The monoisotopic (exact) mass is 412 g/mol. The van der Waals surface area contributed by atoms with Crippen LogP contribution in [-0.2, 0) is 21.2 Å². The number of sulfonamides is 1. The highest BCUT2D eigenvalue weighted by Gasteiger charge is 2.30. The van der Waals surface area contributed by atoms with Gasteiger partial charge in [-0.05, 0) is 42.3 Å². The molecule has 1 aliphatic heterocycles. The number of hydrogen-bond acceptors (Lipinski definition) is 3. The van der Waals surface area contributed by atoms with Crippen molar-refractivity contribution in [1.29, 1.82) is 0 Å². The molecule has 9 heteroatoms. The first-order valence-corrected chi connectivity index (χ1v) is 10.2. The standard InChI is InChI=1S/C19H19F3N2O3S/c20-15-2-1-3-16(13-15)28(26,27)24-10-8-23(9-11-24)19(25)7-5-14-4-6-17(21)18(22)12-14/h1-4,6,12-13H,5,7-11H2. The van der Waals surface area contributed by atoms with Crippen molar-refractivity contribution in [1.82, 2.24) is 9.21 Å². The number of nitrogens with zero attached hydrogens (tertiary/aromatic N) is 2. The molecule has 2 aromatic rings. The molecule has 1 aliphatic rings. The van der Waals surface area contributed by atoms with E-state index in [1.807, 2.05) is 0 Å². The molecule has 1 saturated heterocycles. The smallest absolute Gasteiger partial charge is 0.243 e. The van der Waals surface area contributed by atoms with E-state index in [1.54, 1.807) is 0 Å². The normalized spacial score (nSPS) is 15.6. The van der Waals surface area contributed by atoms with Crippen LogP contribution in [0.4, 0.5) is 13.2 Å². The highest BCUT2D eigenvalue weighted by Crippen LogP contribution is 2.19. The second-order valence-electron chi connectivity index (χ2n) is 6.49. The summed E-state index contributed by atoms with van der Waals surface area (Å²) in [5, 5.41) is 0. The molecule has 28 heavy (non-hydrogen) atoms. The van der Waals surface area contributed by atoms with Crippen molar-refractivity contribution >= 4 is 15.9 Å². The van der Waals surface area contributed by atoms with E-state index < -0.39 is 27.5 Å². The number of carbonyl (C=O) groups is 1. The highest BCUT2D eigenvalue weighted by atomic mass is 32.2. The Labute approximate surface area is 161 Å². The molecule has 0 aliphatic carbocycles. The quantitative estimate of drug-likeness (QED) is 0.759. The summed E-state index contributed by atoms with van der Waals surface area (Å²) in [6.07, 6.45) is 0.375. The largest absolute Gasteiger partial charge is 0.340 e. The molecule has 1 fully saturated rings. The summed E-state index contributed by atoms with van der Waals surface area (Å²) in [5.41, 5.74) is 0.513. The summed E-state index contributed by atoms with van der Waals surface area (Å²) in [7, 11) is -3.82. The lowest BCUT2D eigenvalue weighted by atomic mass is 10.1. The molecule has 2 aromatic carbocycles. The fourth-order valence-corrected chi connectivity index (χ4v) is 4.51. The summed E-state index contributed by atoms with van der Waals surface area (Å²) in [6, 6.07) is 8.31. The molecular weight excluding hydrogens is 393 g/mol. The number of carbonyl (C=O) groups excluding carboxylic acids is 1. The van der Waals surface area contributed by atoms with E-state index in [0.717, 1.165) is 18.2 Å². The van der Waals surface area contributed by atoms with Crippen LogP contribution >= 0.6 is 0 Å². The predicted octanol–water partition coefficient (Wildman–Crippen LogP) is 2.57. The third kappa shape index (κ3) is 4.53. The lowest BCUT2D eigenvalue weighted by molar-refractivity contribution is -0.132. The van der Waals surface area contributed by atoms with Gasteiger partial charge in [-0.3, -0.25) is 4.79 Å². The summed E-state index contributed by atoms with van der Waals surface area (Å²) in [5.74, 6) is -2.72. The molecule has 0 spiro atoms. The summed E-state index contributed by atoms with van der Waals surface area (Å²) in [6.45, 7) is 0.641. The number of amides is 1. The molecule has 0 unspecified atom stereocenters. The van der Waals surface area contributed by atoms with Crippen LogP contribution in [0.5, 0.6) is 0 Å². The van der Waals surface area contributed by atoms with Crippen LogP contribution in [0.1, 0.15) is 12.0 Å². The van der Waals surface area contributed by atoms with Gasteiger partial charge in [-0.1, -0.05) is 12.1 Å². The van der Waals surface area contributed by atoms with Crippen molar-refractivity contribution in [3.63, 3.8) is 0 Å². The molecule has 1 amide bonds. The zero-order chi connectivity index (χ0) is 20.3. The first-order valence-electron chi connectivity index (χ1n) is 8.75. The van der Waals surface area contributed by atoms with Gasteiger partial charge < -0.3 is 4.90 Å². The number of hydrogen-bond donors (Lipinski definition) is 0. The number of halogens is 3.